The Labute approximate surface area is 203 Å². The molecule has 0 saturated carbocycles. The molecule has 6 nitrogen and oxygen atoms in total. The number of aliphatic hydroxyl groups excluding tert-OH is 1. The molecule has 0 spiro atoms. The zero-order chi connectivity index (χ0) is 24.1. The summed E-state index contributed by atoms with van der Waals surface area (Å²) in [7, 11) is 1.65. The first-order valence-corrected chi connectivity index (χ1v) is 12.5. The minimum Gasteiger partial charge on any atom is -0.493 e. The average Bonchev–Trinajstić information content (AvgIpc) is 3.27. The summed E-state index contributed by atoms with van der Waals surface area (Å²) >= 11 is 0. The molecule has 2 N–H and O–H groups in total. The number of ether oxygens (including phenoxy) is 2. The molecular formula is C28H38N2O4. The molecule has 6 heteroatoms. The smallest absolute Gasteiger partial charge is 0.228 e. The molecule has 0 aromatic heterocycles. The molecular weight excluding hydrogens is 428 g/mol. The van der Waals surface area contributed by atoms with Crippen LogP contribution in [0.5, 0.6) is 11.5 Å². The summed E-state index contributed by atoms with van der Waals surface area (Å²) in [5.41, 5.74) is 1.91. The standard InChI is InChI=1S/C28H38N2O4/c1-4-34-26-23(11-8-12-25(26)33-3)28(2)19-29-18-24(28)27(32)30-15-13-21(17-22(30)14-16-31)20-9-6-5-7-10-20/h5-12,21-22,24,29,31H,4,13-19H2,1-3H3. The highest BCUT2D eigenvalue weighted by Gasteiger charge is 2.49. The molecule has 184 valence electrons. The van der Waals surface area contributed by atoms with Crippen LogP contribution in [-0.2, 0) is 10.2 Å². The first-order valence-electron chi connectivity index (χ1n) is 12.5. The van der Waals surface area contributed by atoms with E-state index in [2.05, 4.69) is 42.6 Å². The van der Waals surface area contributed by atoms with Crippen molar-refractivity contribution in [3.05, 3.63) is 59.7 Å². The van der Waals surface area contributed by atoms with Crippen LogP contribution < -0.4 is 14.8 Å². The van der Waals surface area contributed by atoms with Gasteiger partial charge in [0.05, 0.1) is 19.6 Å². The summed E-state index contributed by atoms with van der Waals surface area (Å²) < 4.78 is 11.6. The quantitative estimate of drug-likeness (QED) is 0.620. The topological polar surface area (TPSA) is 71.0 Å². The SMILES string of the molecule is CCOc1c(OC)cccc1C1(C)CNCC1C(=O)N1CCC(c2ccccc2)CC1CCO. The van der Waals surface area contributed by atoms with E-state index in [-0.39, 0.29) is 24.5 Å². The molecule has 2 aromatic carbocycles. The van der Waals surface area contributed by atoms with Crippen LogP contribution in [0.2, 0.25) is 0 Å². The van der Waals surface area contributed by atoms with Crippen molar-refractivity contribution in [1.82, 2.24) is 10.2 Å². The number of methoxy groups -OCH3 is 1. The number of rotatable bonds is 8. The zero-order valence-corrected chi connectivity index (χ0v) is 20.6. The van der Waals surface area contributed by atoms with Crippen LogP contribution >= 0.6 is 0 Å². The Hall–Kier alpha value is -2.57. The van der Waals surface area contributed by atoms with Crippen molar-refractivity contribution in [3.63, 3.8) is 0 Å². The predicted molar refractivity (Wildman–Crippen MR) is 133 cm³/mol. The molecule has 0 bridgehead atoms. The fourth-order valence-corrected chi connectivity index (χ4v) is 5.88. The molecule has 1 amide bonds. The number of benzene rings is 2. The van der Waals surface area contributed by atoms with E-state index in [0.717, 1.165) is 24.2 Å². The third kappa shape index (κ3) is 4.66. The van der Waals surface area contributed by atoms with E-state index in [4.69, 9.17) is 9.47 Å². The predicted octanol–water partition coefficient (Wildman–Crippen LogP) is 3.73. The van der Waals surface area contributed by atoms with Crippen molar-refractivity contribution >= 4 is 5.91 Å². The van der Waals surface area contributed by atoms with E-state index in [1.807, 2.05) is 30.0 Å². The molecule has 0 aliphatic carbocycles. The Kier molecular flexibility index (Phi) is 7.79. The maximum atomic E-state index is 14.1. The summed E-state index contributed by atoms with van der Waals surface area (Å²) in [6.07, 6.45) is 2.43. The van der Waals surface area contributed by atoms with E-state index < -0.39 is 5.41 Å². The molecule has 34 heavy (non-hydrogen) atoms. The van der Waals surface area contributed by atoms with Gasteiger partial charge in [-0.1, -0.05) is 49.4 Å². The lowest BCUT2D eigenvalue weighted by atomic mass is 9.72. The fraction of sp³-hybridized carbons (Fsp3) is 0.536. The van der Waals surface area contributed by atoms with Gasteiger partial charge in [-0.3, -0.25) is 4.79 Å². The lowest BCUT2D eigenvalue weighted by Gasteiger charge is -2.43. The number of carbonyl (C=O) groups excluding carboxylic acids is 1. The van der Waals surface area contributed by atoms with Gasteiger partial charge in [-0.25, -0.2) is 0 Å². The van der Waals surface area contributed by atoms with Crippen molar-refractivity contribution in [3.8, 4) is 11.5 Å². The second-order valence-electron chi connectivity index (χ2n) is 9.70. The van der Waals surface area contributed by atoms with Gasteiger partial charge in [0.2, 0.25) is 5.91 Å². The molecule has 4 atom stereocenters. The first-order chi connectivity index (χ1) is 16.5. The van der Waals surface area contributed by atoms with E-state index in [1.54, 1.807) is 7.11 Å². The van der Waals surface area contributed by atoms with Crippen LogP contribution in [0.3, 0.4) is 0 Å². The van der Waals surface area contributed by atoms with Gasteiger partial charge in [-0.15, -0.1) is 0 Å². The fourth-order valence-electron chi connectivity index (χ4n) is 5.88. The minimum atomic E-state index is -0.420. The third-order valence-corrected chi connectivity index (χ3v) is 7.74. The Bertz CT molecular complexity index is 966. The molecule has 2 fully saturated rings. The van der Waals surface area contributed by atoms with Crippen molar-refractivity contribution in [1.29, 1.82) is 0 Å². The number of piperidine rings is 1. The van der Waals surface area contributed by atoms with Gasteiger partial charge in [0.25, 0.3) is 0 Å². The average molecular weight is 467 g/mol. The highest BCUT2D eigenvalue weighted by atomic mass is 16.5. The van der Waals surface area contributed by atoms with Crippen molar-refractivity contribution in [2.75, 3.05) is 40.0 Å². The van der Waals surface area contributed by atoms with Gasteiger partial charge in [0.1, 0.15) is 0 Å². The van der Waals surface area contributed by atoms with Gasteiger partial charge in [0.15, 0.2) is 11.5 Å². The minimum absolute atomic E-state index is 0.0398. The van der Waals surface area contributed by atoms with Gasteiger partial charge in [0, 0.05) is 43.3 Å². The summed E-state index contributed by atoms with van der Waals surface area (Å²) in [6, 6.07) is 16.5. The Morgan fingerprint density at radius 1 is 1.21 bits per heavy atom. The Morgan fingerprint density at radius 2 is 2.00 bits per heavy atom. The number of para-hydroxylation sites is 1. The van der Waals surface area contributed by atoms with Crippen molar-refractivity contribution in [2.45, 2.75) is 50.5 Å². The highest BCUT2D eigenvalue weighted by Crippen LogP contribution is 2.45. The summed E-state index contributed by atoms with van der Waals surface area (Å²) in [4.78, 5) is 16.1. The van der Waals surface area contributed by atoms with E-state index >= 15 is 0 Å². The summed E-state index contributed by atoms with van der Waals surface area (Å²) in [5, 5.41) is 13.3. The highest BCUT2D eigenvalue weighted by molar-refractivity contribution is 5.82. The first kappa shape index (κ1) is 24.6. The lowest BCUT2D eigenvalue weighted by molar-refractivity contribution is -0.141. The zero-order valence-electron chi connectivity index (χ0n) is 20.6. The maximum Gasteiger partial charge on any atom is 0.228 e. The van der Waals surface area contributed by atoms with E-state index in [0.29, 0.717) is 44.3 Å². The Balaban J connectivity index is 1.60. The molecule has 2 aromatic rings. The number of nitrogens with zero attached hydrogens (tertiary/aromatic N) is 1. The second kappa shape index (κ2) is 10.8. The van der Waals surface area contributed by atoms with E-state index in [9.17, 15) is 9.90 Å². The molecule has 2 aliphatic rings. The van der Waals surface area contributed by atoms with Gasteiger partial charge in [-0.2, -0.15) is 0 Å². The molecule has 4 rings (SSSR count). The van der Waals surface area contributed by atoms with Crippen LogP contribution in [0.4, 0.5) is 0 Å². The molecule has 2 aliphatic heterocycles. The van der Waals surface area contributed by atoms with Crippen molar-refractivity contribution in [2.24, 2.45) is 5.92 Å². The third-order valence-electron chi connectivity index (χ3n) is 7.74. The normalized spacial score (nSPS) is 26.9. The second-order valence-corrected chi connectivity index (χ2v) is 9.70. The molecule has 0 radical (unpaired) electrons. The molecule has 2 saturated heterocycles. The number of amides is 1. The van der Waals surface area contributed by atoms with Crippen LogP contribution in [0.1, 0.15) is 50.2 Å². The van der Waals surface area contributed by atoms with Gasteiger partial charge in [-0.05, 0) is 43.7 Å². The lowest BCUT2D eigenvalue weighted by Crippen LogP contribution is -2.52. The van der Waals surface area contributed by atoms with Crippen LogP contribution in [0.25, 0.3) is 0 Å². The number of carbonyl (C=O) groups is 1. The summed E-state index contributed by atoms with van der Waals surface area (Å²) in [5.74, 6) is 1.79. The number of hydrogen-bond acceptors (Lipinski definition) is 5. The van der Waals surface area contributed by atoms with Crippen LogP contribution in [0.15, 0.2) is 48.5 Å². The summed E-state index contributed by atoms with van der Waals surface area (Å²) in [6.45, 7) is 6.77. The number of hydrogen-bond donors (Lipinski definition) is 2. The van der Waals surface area contributed by atoms with Gasteiger partial charge >= 0.3 is 0 Å². The number of nitrogens with one attached hydrogen (secondary N) is 1. The van der Waals surface area contributed by atoms with Crippen molar-refractivity contribution < 1.29 is 19.4 Å². The largest absolute Gasteiger partial charge is 0.493 e. The van der Waals surface area contributed by atoms with Crippen LogP contribution in [0, 0.1) is 5.92 Å². The molecule has 4 unspecified atom stereocenters. The number of aliphatic hydroxyl groups is 1. The molecule has 2 heterocycles. The Morgan fingerprint density at radius 3 is 2.71 bits per heavy atom. The monoisotopic (exact) mass is 466 g/mol. The van der Waals surface area contributed by atoms with E-state index in [1.165, 1.54) is 5.56 Å². The van der Waals surface area contributed by atoms with Crippen LogP contribution in [-0.4, -0.2) is 61.9 Å². The number of likely N-dealkylation sites (tertiary alicyclic amines) is 1. The maximum absolute atomic E-state index is 14.1. The van der Waals surface area contributed by atoms with Gasteiger partial charge < -0.3 is 24.8 Å².